The SMILES string of the molecule is COc1ccc(C(C)=O)c(OC(=O)/C=C/c2ccc(OC(C)=O)c(OC)c2)c1. The molecule has 0 spiro atoms. The molecule has 0 saturated heterocycles. The highest BCUT2D eigenvalue weighted by Crippen LogP contribution is 2.29. The summed E-state index contributed by atoms with van der Waals surface area (Å²) >= 11 is 0. The van der Waals surface area contributed by atoms with Crippen molar-refractivity contribution in [3.8, 4) is 23.0 Å². The lowest BCUT2D eigenvalue weighted by Crippen LogP contribution is -2.08. The highest BCUT2D eigenvalue weighted by molar-refractivity contribution is 5.98. The molecule has 28 heavy (non-hydrogen) atoms. The van der Waals surface area contributed by atoms with Gasteiger partial charge in [0.15, 0.2) is 17.3 Å². The van der Waals surface area contributed by atoms with E-state index >= 15 is 0 Å². The number of methoxy groups -OCH3 is 2. The van der Waals surface area contributed by atoms with Gasteiger partial charge in [-0.15, -0.1) is 0 Å². The quantitative estimate of drug-likeness (QED) is 0.313. The molecule has 2 aromatic carbocycles. The molecule has 0 radical (unpaired) electrons. The van der Waals surface area contributed by atoms with Gasteiger partial charge in [-0.3, -0.25) is 9.59 Å². The number of esters is 2. The first-order chi connectivity index (χ1) is 13.3. The third-order valence-corrected chi connectivity index (χ3v) is 3.63. The fourth-order valence-corrected chi connectivity index (χ4v) is 2.34. The molecule has 0 aliphatic carbocycles. The molecule has 146 valence electrons. The summed E-state index contributed by atoms with van der Waals surface area (Å²) < 4.78 is 20.6. The number of carbonyl (C=O) groups excluding carboxylic acids is 3. The lowest BCUT2D eigenvalue weighted by Gasteiger charge is -2.09. The van der Waals surface area contributed by atoms with E-state index in [0.29, 0.717) is 17.1 Å². The van der Waals surface area contributed by atoms with Crippen LogP contribution in [-0.2, 0) is 9.59 Å². The van der Waals surface area contributed by atoms with Gasteiger partial charge in [-0.1, -0.05) is 6.07 Å². The highest BCUT2D eigenvalue weighted by Gasteiger charge is 2.13. The summed E-state index contributed by atoms with van der Waals surface area (Å²) in [6.45, 7) is 2.67. The maximum Gasteiger partial charge on any atom is 0.336 e. The van der Waals surface area contributed by atoms with Crippen LogP contribution in [0, 0.1) is 0 Å². The smallest absolute Gasteiger partial charge is 0.336 e. The van der Waals surface area contributed by atoms with Crippen molar-refractivity contribution in [3.05, 3.63) is 53.6 Å². The van der Waals surface area contributed by atoms with Gasteiger partial charge in [-0.05, 0) is 42.8 Å². The second-order valence-electron chi connectivity index (χ2n) is 5.68. The molecule has 0 heterocycles. The molecule has 0 saturated carbocycles. The summed E-state index contributed by atoms with van der Waals surface area (Å²) in [5.41, 5.74) is 0.900. The number of hydrogen-bond acceptors (Lipinski definition) is 7. The number of rotatable bonds is 7. The minimum absolute atomic E-state index is 0.115. The molecular weight excluding hydrogens is 364 g/mol. The number of ether oxygens (including phenoxy) is 4. The van der Waals surface area contributed by atoms with Crippen LogP contribution in [0.4, 0.5) is 0 Å². The van der Waals surface area contributed by atoms with Gasteiger partial charge < -0.3 is 18.9 Å². The van der Waals surface area contributed by atoms with Crippen LogP contribution in [0.3, 0.4) is 0 Å². The molecule has 0 aliphatic rings. The molecule has 0 aromatic heterocycles. The molecule has 0 aliphatic heterocycles. The lowest BCUT2D eigenvalue weighted by atomic mass is 10.1. The molecule has 2 rings (SSSR count). The Hall–Kier alpha value is -3.61. The van der Waals surface area contributed by atoms with Gasteiger partial charge in [-0.2, -0.15) is 0 Å². The molecule has 2 aromatic rings. The van der Waals surface area contributed by atoms with E-state index in [1.54, 1.807) is 24.3 Å². The zero-order valence-corrected chi connectivity index (χ0v) is 16.0. The molecule has 7 heteroatoms. The average molecular weight is 384 g/mol. The number of Topliss-reactive ketones (excluding diaryl/α,β-unsaturated/α-hetero) is 1. The van der Waals surface area contributed by atoms with Crippen molar-refractivity contribution in [1.82, 2.24) is 0 Å². The van der Waals surface area contributed by atoms with Crippen molar-refractivity contribution >= 4 is 23.8 Å². The highest BCUT2D eigenvalue weighted by atomic mass is 16.6. The molecule has 0 atom stereocenters. The van der Waals surface area contributed by atoms with Crippen LogP contribution in [0.2, 0.25) is 0 Å². The standard InChI is InChI=1S/C21H20O7/c1-13(22)17-8-7-16(25-3)12-19(17)28-21(24)10-6-15-5-9-18(27-14(2)23)20(11-15)26-4/h5-12H,1-4H3/b10-6+. The Balaban J connectivity index is 2.18. The van der Waals surface area contributed by atoms with Gasteiger partial charge in [-0.25, -0.2) is 4.79 Å². The van der Waals surface area contributed by atoms with Crippen molar-refractivity contribution in [1.29, 1.82) is 0 Å². The maximum absolute atomic E-state index is 12.2. The van der Waals surface area contributed by atoms with Gasteiger partial charge >= 0.3 is 11.9 Å². The van der Waals surface area contributed by atoms with E-state index in [0.717, 1.165) is 0 Å². The number of ketones is 1. The van der Waals surface area contributed by atoms with Gasteiger partial charge in [0, 0.05) is 19.1 Å². The third-order valence-electron chi connectivity index (χ3n) is 3.63. The Morgan fingerprint density at radius 3 is 2.18 bits per heavy atom. The van der Waals surface area contributed by atoms with E-state index in [9.17, 15) is 14.4 Å². The van der Waals surface area contributed by atoms with Gasteiger partial charge in [0.25, 0.3) is 0 Å². The summed E-state index contributed by atoms with van der Waals surface area (Å²) in [5, 5.41) is 0. The first kappa shape index (κ1) is 20.7. The van der Waals surface area contributed by atoms with Gasteiger partial charge in [0.2, 0.25) is 0 Å². The Morgan fingerprint density at radius 2 is 1.57 bits per heavy atom. The van der Waals surface area contributed by atoms with Crippen LogP contribution in [0.15, 0.2) is 42.5 Å². The van der Waals surface area contributed by atoms with Crippen LogP contribution in [0.25, 0.3) is 6.08 Å². The van der Waals surface area contributed by atoms with E-state index in [2.05, 4.69) is 0 Å². The van der Waals surface area contributed by atoms with Crippen LogP contribution in [0.1, 0.15) is 29.8 Å². The Morgan fingerprint density at radius 1 is 0.821 bits per heavy atom. The third kappa shape index (κ3) is 5.44. The zero-order valence-electron chi connectivity index (χ0n) is 16.0. The molecule has 0 fully saturated rings. The Kier molecular flexibility index (Phi) is 6.92. The molecular formula is C21H20O7. The molecule has 0 unspecified atom stereocenters. The first-order valence-electron chi connectivity index (χ1n) is 8.29. The summed E-state index contributed by atoms with van der Waals surface area (Å²) in [5.74, 6) is -0.176. The summed E-state index contributed by atoms with van der Waals surface area (Å²) in [7, 11) is 2.91. The second-order valence-corrected chi connectivity index (χ2v) is 5.68. The monoisotopic (exact) mass is 384 g/mol. The Bertz CT molecular complexity index is 928. The van der Waals surface area contributed by atoms with Crippen LogP contribution in [-0.4, -0.2) is 31.9 Å². The topological polar surface area (TPSA) is 88.1 Å². The van der Waals surface area contributed by atoms with Crippen LogP contribution >= 0.6 is 0 Å². The number of benzene rings is 2. The fraction of sp³-hybridized carbons (Fsp3) is 0.190. The van der Waals surface area contributed by atoms with Crippen LogP contribution in [0.5, 0.6) is 23.0 Å². The van der Waals surface area contributed by atoms with Crippen molar-refractivity contribution in [2.24, 2.45) is 0 Å². The lowest BCUT2D eigenvalue weighted by molar-refractivity contribution is -0.132. The number of hydrogen-bond donors (Lipinski definition) is 0. The molecule has 0 amide bonds. The minimum atomic E-state index is -0.668. The summed E-state index contributed by atoms with van der Waals surface area (Å²) in [6, 6.07) is 9.43. The largest absolute Gasteiger partial charge is 0.497 e. The first-order valence-corrected chi connectivity index (χ1v) is 8.29. The van der Waals surface area contributed by atoms with Crippen molar-refractivity contribution in [2.45, 2.75) is 13.8 Å². The van der Waals surface area contributed by atoms with E-state index in [1.807, 2.05) is 0 Å². The summed E-state index contributed by atoms with van der Waals surface area (Å²) in [6.07, 6.45) is 2.72. The molecule has 0 bridgehead atoms. The van der Waals surface area contributed by atoms with Gasteiger partial charge in [0.05, 0.1) is 19.8 Å². The predicted molar refractivity (Wildman–Crippen MR) is 102 cm³/mol. The van der Waals surface area contributed by atoms with E-state index in [-0.39, 0.29) is 22.8 Å². The second kappa shape index (κ2) is 9.36. The average Bonchev–Trinajstić information content (AvgIpc) is 2.66. The van der Waals surface area contributed by atoms with Crippen molar-refractivity contribution < 1.29 is 33.3 Å². The van der Waals surface area contributed by atoms with Gasteiger partial charge in [0.1, 0.15) is 11.5 Å². The zero-order chi connectivity index (χ0) is 20.7. The van der Waals surface area contributed by atoms with E-state index in [4.69, 9.17) is 18.9 Å². The molecule has 7 nitrogen and oxygen atoms in total. The van der Waals surface area contributed by atoms with Crippen molar-refractivity contribution in [2.75, 3.05) is 14.2 Å². The predicted octanol–water partition coefficient (Wildman–Crippen LogP) is 3.45. The minimum Gasteiger partial charge on any atom is -0.497 e. The number of carbonyl (C=O) groups is 3. The Labute approximate surface area is 162 Å². The fourth-order valence-electron chi connectivity index (χ4n) is 2.34. The molecule has 0 N–H and O–H groups in total. The van der Waals surface area contributed by atoms with E-state index in [1.165, 1.54) is 52.4 Å². The summed E-state index contributed by atoms with van der Waals surface area (Å²) in [4.78, 5) is 35.0. The van der Waals surface area contributed by atoms with E-state index < -0.39 is 11.9 Å². The normalized spacial score (nSPS) is 10.4. The maximum atomic E-state index is 12.2. The van der Waals surface area contributed by atoms with Crippen LogP contribution < -0.4 is 18.9 Å². The van der Waals surface area contributed by atoms with Crippen molar-refractivity contribution in [3.63, 3.8) is 0 Å².